The summed E-state index contributed by atoms with van der Waals surface area (Å²) in [5.41, 5.74) is 0.0584. The van der Waals surface area contributed by atoms with Crippen molar-refractivity contribution in [3.05, 3.63) is 33.0 Å². The molecular weight excluding hydrogens is 358 g/mol. The quantitative estimate of drug-likeness (QED) is 0.810. The van der Waals surface area contributed by atoms with Crippen LogP contribution in [0.4, 0.5) is 4.39 Å². The Bertz CT molecular complexity index is 487. The number of likely N-dealkylation sites (N-methyl/N-ethyl adjacent to an activating group) is 1. The molecule has 0 aliphatic carbocycles. The third-order valence-corrected chi connectivity index (χ3v) is 4.32. The molecule has 1 amide bonds. The number of rotatable bonds is 2. The first-order chi connectivity index (χ1) is 8.52. The summed E-state index contributed by atoms with van der Waals surface area (Å²) in [6.07, 6.45) is 0.888. The fraction of sp³-hybridized carbons (Fsp3) is 0.417. The van der Waals surface area contributed by atoms with Gasteiger partial charge in [0, 0.05) is 23.6 Å². The average molecular weight is 372 g/mol. The molecule has 1 heterocycles. The minimum absolute atomic E-state index is 0. The molecular formula is C12H14BrCl2FN2O. The van der Waals surface area contributed by atoms with Crippen LogP contribution in [0.15, 0.2) is 16.6 Å². The van der Waals surface area contributed by atoms with Gasteiger partial charge in [-0.1, -0.05) is 11.6 Å². The van der Waals surface area contributed by atoms with Crippen LogP contribution in [0, 0.1) is 5.82 Å². The van der Waals surface area contributed by atoms with E-state index in [2.05, 4.69) is 21.2 Å². The molecule has 0 spiro atoms. The van der Waals surface area contributed by atoms with Crippen LogP contribution in [0.1, 0.15) is 16.8 Å². The largest absolute Gasteiger partial charge is 0.337 e. The van der Waals surface area contributed by atoms with Crippen molar-refractivity contribution in [3.63, 3.8) is 0 Å². The molecule has 0 bridgehead atoms. The lowest BCUT2D eigenvalue weighted by molar-refractivity contribution is 0.0785. The summed E-state index contributed by atoms with van der Waals surface area (Å²) in [4.78, 5) is 13.8. The molecule has 0 unspecified atom stereocenters. The highest BCUT2D eigenvalue weighted by molar-refractivity contribution is 9.10. The fourth-order valence-corrected chi connectivity index (χ4v) is 2.53. The number of likely N-dealkylation sites (tertiary alicyclic amines) is 1. The van der Waals surface area contributed by atoms with Crippen molar-refractivity contribution in [2.45, 2.75) is 12.5 Å². The standard InChI is InChI=1S/C12H13BrClFN2O.ClH/c1-16-7-2-3-17(6-7)12(18)8-4-9(13)10(14)5-11(8)15;/h4-5,7,16H,2-3,6H2,1H3;1H/t7-;/m0./s1. The molecule has 2 rings (SSSR count). The highest BCUT2D eigenvalue weighted by Gasteiger charge is 2.27. The van der Waals surface area contributed by atoms with Crippen molar-refractivity contribution >= 4 is 45.8 Å². The zero-order chi connectivity index (χ0) is 13.3. The van der Waals surface area contributed by atoms with Gasteiger partial charge in [0.1, 0.15) is 5.82 Å². The topological polar surface area (TPSA) is 32.3 Å². The number of carbonyl (C=O) groups excluding carboxylic acids is 1. The lowest BCUT2D eigenvalue weighted by Crippen LogP contribution is -2.33. The van der Waals surface area contributed by atoms with Crippen molar-refractivity contribution < 1.29 is 9.18 Å². The van der Waals surface area contributed by atoms with Gasteiger partial charge >= 0.3 is 0 Å². The summed E-state index contributed by atoms with van der Waals surface area (Å²) >= 11 is 8.98. The summed E-state index contributed by atoms with van der Waals surface area (Å²) in [6, 6.07) is 2.88. The lowest BCUT2D eigenvalue weighted by atomic mass is 10.2. The minimum atomic E-state index is -0.582. The van der Waals surface area contributed by atoms with Gasteiger partial charge in [-0.2, -0.15) is 0 Å². The van der Waals surface area contributed by atoms with Crippen molar-refractivity contribution in [1.82, 2.24) is 10.2 Å². The van der Waals surface area contributed by atoms with Crippen LogP contribution in [-0.4, -0.2) is 37.0 Å². The van der Waals surface area contributed by atoms with Gasteiger partial charge in [-0.05, 0) is 41.5 Å². The first-order valence-electron chi connectivity index (χ1n) is 5.64. The Kier molecular flexibility index (Phi) is 6.05. The van der Waals surface area contributed by atoms with E-state index in [9.17, 15) is 9.18 Å². The van der Waals surface area contributed by atoms with E-state index < -0.39 is 5.82 Å². The summed E-state index contributed by atoms with van der Waals surface area (Å²) in [5.74, 6) is -0.872. The monoisotopic (exact) mass is 370 g/mol. The van der Waals surface area contributed by atoms with Crippen molar-refractivity contribution in [2.75, 3.05) is 20.1 Å². The molecule has 1 aromatic carbocycles. The van der Waals surface area contributed by atoms with Crippen molar-refractivity contribution in [3.8, 4) is 0 Å². The van der Waals surface area contributed by atoms with Crippen LogP contribution in [0.5, 0.6) is 0 Å². The van der Waals surface area contributed by atoms with Gasteiger partial charge in [0.25, 0.3) is 5.91 Å². The molecule has 1 saturated heterocycles. The van der Waals surface area contributed by atoms with Crippen LogP contribution >= 0.6 is 39.9 Å². The number of amides is 1. The first-order valence-corrected chi connectivity index (χ1v) is 6.81. The number of carbonyl (C=O) groups is 1. The van der Waals surface area contributed by atoms with Crippen molar-refractivity contribution in [2.24, 2.45) is 0 Å². The van der Waals surface area contributed by atoms with Gasteiger partial charge in [0.2, 0.25) is 0 Å². The fourth-order valence-electron chi connectivity index (χ4n) is 2.04. The van der Waals surface area contributed by atoms with Gasteiger partial charge in [-0.25, -0.2) is 4.39 Å². The molecule has 1 fully saturated rings. The average Bonchev–Trinajstić information content (AvgIpc) is 2.81. The lowest BCUT2D eigenvalue weighted by Gasteiger charge is -2.17. The number of hydrogen-bond acceptors (Lipinski definition) is 2. The maximum atomic E-state index is 13.7. The van der Waals surface area contributed by atoms with Crippen LogP contribution in [-0.2, 0) is 0 Å². The Labute approximate surface area is 131 Å². The Morgan fingerprint density at radius 2 is 2.26 bits per heavy atom. The molecule has 0 saturated carbocycles. The van der Waals surface area contributed by atoms with E-state index in [1.165, 1.54) is 6.07 Å². The van der Waals surface area contributed by atoms with E-state index in [1.54, 1.807) is 4.90 Å². The maximum Gasteiger partial charge on any atom is 0.256 e. The predicted octanol–water partition coefficient (Wildman–Crippen LogP) is 3.10. The normalized spacial score (nSPS) is 18.3. The van der Waals surface area contributed by atoms with Crippen LogP contribution in [0.25, 0.3) is 0 Å². The smallest absolute Gasteiger partial charge is 0.256 e. The third kappa shape index (κ3) is 3.60. The zero-order valence-electron chi connectivity index (χ0n) is 10.3. The molecule has 3 nitrogen and oxygen atoms in total. The predicted molar refractivity (Wildman–Crippen MR) is 79.7 cm³/mol. The molecule has 0 aromatic heterocycles. The first kappa shape index (κ1) is 16.7. The van der Waals surface area contributed by atoms with E-state index >= 15 is 0 Å². The maximum absolute atomic E-state index is 13.7. The molecule has 19 heavy (non-hydrogen) atoms. The number of benzene rings is 1. The van der Waals surface area contributed by atoms with Crippen LogP contribution in [0.3, 0.4) is 0 Å². The van der Waals surface area contributed by atoms with E-state index in [0.29, 0.717) is 17.6 Å². The molecule has 1 N–H and O–H groups in total. The SMILES string of the molecule is CN[C@H]1CCN(C(=O)c2cc(Br)c(Cl)cc2F)C1.Cl. The number of nitrogens with zero attached hydrogens (tertiary/aromatic N) is 1. The van der Waals surface area contributed by atoms with E-state index in [0.717, 1.165) is 12.5 Å². The summed E-state index contributed by atoms with van der Waals surface area (Å²) < 4.78 is 14.3. The summed E-state index contributed by atoms with van der Waals surface area (Å²) in [5, 5.41) is 3.38. The minimum Gasteiger partial charge on any atom is -0.337 e. The highest BCUT2D eigenvalue weighted by atomic mass is 79.9. The van der Waals surface area contributed by atoms with E-state index in [-0.39, 0.29) is 34.9 Å². The Morgan fingerprint density at radius 1 is 1.58 bits per heavy atom. The van der Waals surface area contributed by atoms with Gasteiger partial charge in [0.05, 0.1) is 10.6 Å². The Hall–Kier alpha value is -0.360. The third-order valence-electron chi connectivity index (χ3n) is 3.12. The summed E-state index contributed by atoms with van der Waals surface area (Å²) in [7, 11) is 1.86. The number of halogens is 4. The highest BCUT2D eigenvalue weighted by Crippen LogP contribution is 2.27. The number of hydrogen-bond donors (Lipinski definition) is 1. The molecule has 0 radical (unpaired) electrons. The molecule has 1 atom stereocenters. The number of nitrogens with one attached hydrogen (secondary N) is 1. The Morgan fingerprint density at radius 3 is 2.84 bits per heavy atom. The molecule has 1 aromatic rings. The van der Waals surface area contributed by atoms with Crippen molar-refractivity contribution in [1.29, 1.82) is 0 Å². The molecule has 7 heteroatoms. The zero-order valence-corrected chi connectivity index (χ0v) is 13.4. The van der Waals surface area contributed by atoms with Gasteiger partial charge in [-0.15, -0.1) is 12.4 Å². The van der Waals surface area contributed by atoms with Crippen LogP contribution < -0.4 is 5.32 Å². The van der Waals surface area contributed by atoms with Gasteiger partial charge in [-0.3, -0.25) is 4.79 Å². The summed E-state index contributed by atoms with van der Waals surface area (Å²) in [6.45, 7) is 1.25. The van der Waals surface area contributed by atoms with Gasteiger partial charge in [0.15, 0.2) is 0 Å². The van der Waals surface area contributed by atoms with Crippen LogP contribution in [0.2, 0.25) is 5.02 Å². The van der Waals surface area contributed by atoms with Gasteiger partial charge < -0.3 is 10.2 Å². The Balaban J connectivity index is 0.00000180. The second kappa shape index (κ2) is 6.88. The molecule has 1 aliphatic rings. The molecule has 106 valence electrons. The second-order valence-corrected chi connectivity index (χ2v) is 5.53. The molecule has 1 aliphatic heterocycles. The second-order valence-electron chi connectivity index (χ2n) is 4.27. The van der Waals surface area contributed by atoms with E-state index in [1.807, 2.05) is 7.05 Å². The van der Waals surface area contributed by atoms with E-state index in [4.69, 9.17) is 11.6 Å².